The maximum Gasteiger partial charge on any atom is 0.738 e. The first-order valence-corrected chi connectivity index (χ1v) is 8.98. The van der Waals surface area contributed by atoms with E-state index in [2.05, 4.69) is 31.9 Å². The van der Waals surface area contributed by atoms with Crippen molar-refractivity contribution in [3.05, 3.63) is 74.6 Å². The van der Waals surface area contributed by atoms with Crippen LogP contribution in [-0.4, -0.2) is 20.6 Å². The maximum absolute atomic E-state index is 15.1. The number of allylic oxidation sites excluding steroid dienone is 2. The summed E-state index contributed by atoms with van der Waals surface area (Å²) in [6.45, 7) is -4.18. The van der Waals surface area contributed by atoms with Crippen molar-refractivity contribution in [1.29, 1.82) is 0 Å². The fourth-order valence-electron chi connectivity index (χ4n) is 3.12. The molecule has 1 aromatic carbocycles. The third kappa shape index (κ3) is 2.32. The van der Waals surface area contributed by atoms with Crippen molar-refractivity contribution in [1.82, 2.24) is 4.48 Å². The summed E-state index contributed by atoms with van der Waals surface area (Å²) >= 11 is 12.4. The largest absolute Gasteiger partial charge is 0.738 e. The van der Waals surface area contributed by atoms with E-state index in [0.717, 1.165) is 21.1 Å². The summed E-state index contributed by atoms with van der Waals surface area (Å²) in [5.74, 6) is -2.21. The molecule has 1 aromatic heterocycles. The normalized spacial score (nSPS) is 18.0. The Morgan fingerprint density at radius 2 is 1.72 bits per heavy atom. The summed E-state index contributed by atoms with van der Waals surface area (Å²) in [4.78, 5) is 0. The summed E-state index contributed by atoms with van der Waals surface area (Å²) in [5.41, 5.74) is 0.726. The number of hydrogen-bond donors (Lipinski definition) is 0. The minimum Gasteiger partial charge on any atom is -0.389 e. The van der Waals surface area contributed by atoms with Crippen LogP contribution in [0.3, 0.4) is 0 Å². The van der Waals surface area contributed by atoms with Crippen molar-refractivity contribution >= 4 is 60.6 Å². The second kappa shape index (κ2) is 5.59. The number of fused-ring (bicyclic) bond motifs is 2. The number of hydrogen-bond acceptors (Lipinski definition) is 0. The summed E-state index contributed by atoms with van der Waals surface area (Å²) in [6.07, 6.45) is 2.95. The van der Waals surface area contributed by atoms with Gasteiger partial charge < -0.3 is 17.6 Å². The molecule has 0 amide bonds. The van der Waals surface area contributed by atoms with Gasteiger partial charge in [-0.05, 0) is 40.2 Å². The highest BCUT2D eigenvalue weighted by Gasteiger charge is 2.54. The smallest absolute Gasteiger partial charge is 0.389 e. The number of nitrogens with zero attached hydrogens (tertiary/aromatic N) is 2. The molecule has 0 bridgehead atoms. The van der Waals surface area contributed by atoms with Gasteiger partial charge in [0.1, 0.15) is 0 Å². The highest BCUT2D eigenvalue weighted by molar-refractivity contribution is 9.18. The van der Waals surface area contributed by atoms with Gasteiger partial charge in [0.05, 0.1) is 15.2 Å². The molecule has 2 aliphatic rings. The minimum absolute atomic E-state index is 0.0700. The molecule has 2 aliphatic heterocycles. The fraction of sp³-hybridized carbons (Fsp3) is 0. The van der Waals surface area contributed by atoms with Gasteiger partial charge in [-0.2, -0.15) is 0 Å². The topological polar surface area (TPSA) is 7.94 Å². The molecule has 3 heterocycles. The van der Waals surface area contributed by atoms with Crippen LogP contribution in [0.2, 0.25) is 5.02 Å². The fourth-order valence-corrected chi connectivity index (χ4v) is 4.51. The Bertz CT molecular complexity index is 1040. The second-order valence-electron chi connectivity index (χ2n) is 5.53. The predicted molar refractivity (Wildman–Crippen MR) is 96.2 cm³/mol. The van der Waals surface area contributed by atoms with Crippen LogP contribution >= 0.6 is 43.5 Å². The van der Waals surface area contributed by atoms with Gasteiger partial charge in [0.25, 0.3) is 0 Å². The Morgan fingerprint density at radius 3 is 2.44 bits per heavy atom. The molecule has 0 saturated carbocycles. The molecule has 2 nitrogen and oxygen atoms in total. The average molecular weight is 496 g/mol. The lowest BCUT2D eigenvalue weighted by atomic mass is 9.86. The average Bonchev–Trinajstić information content (AvgIpc) is 3.09. The van der Waals surface area contributed by atoms with Gasteiger partial charge in [0.15, 0.2) is 17.3 Å². The number of rotatable bonds is 1. The second-order valence-corrected chi connectivity index (χ2v) is 7.56. The first kappa shape index (κ1) is 17.1. The molecule has 0 saturated heterocycles. The first-order valence-electron chi connectivity index (χ1n) is 7.02. The van der Waals surface area contributed by atoms with Crippen molar-refractivity contribution in [2.45, 2.75) is 0 Å². The molecule has 2 aromatic rings. The third-order valence-electron chi connectivity index (χ3n) is 4.15. The molecule has 0 atom stereocenters. The Morgan fingerprint density at radius 1 is 1.04 bits per heavy atom. The molecule has 0 N–H and O–H groups in total. The molecule has 4 rings (SSSR count). The third-order valence-corrected chi connectivity index (χ3v) is 5.76. The number of aromatic nitrogens is 1. The van der Waals surface area contributed by atoms with E-state index in [1.54, 1.807) is 0 Å². The van der Waals surface area contributed by atoms with Gasteiger partial charge in [-0.1, -0.05) is 11.6 Å². The number of benzene rings is 1. The van der Waals surface area contributed by atoms with Crippen molar-refractivity contribution < 1.29 is 21.9 Å². The molecule has 128 valence electrons. The van der Waals surface area contributed by atoms with Crippen LogP contribution < -0.4 is 0 Å². The SMILES string of the molecule is Fc1cc(Cl)c(C2=C3C=CC(Br)=[N+]3[B-](F)(F)n3c(Br)ccc32)cc1F. The van der Waals surface area contributed by atoms with Crippen LogP contribution in [-0.2, 0) is 0 Å². The van der Waals surface area contributed by atoms with Crippen LogP contribution in [0.25, 0.3) is 5.57 Å². The standard InChI is InChI=1S/C15H6BBr2ClF4N2/c17-13-3-1-11-15(7-5-9(20)10(21)6-8(7)19)12-2-4-14(18)25(12)16(22,23)24(11)13/h1-6H. The van der Waals surface area contributed by atoms with E-state index in [4.69, 9.17) is 11.6 Å². The maximum atomic E-state index is 15.1. The minimum atomic E-state index is -4.18. The van der Waals surface area contributed by atoms with E-state index in [1.807, 2.05) is 0 Å². The zero-order valence-electron chi connectivity index (χ0n) is 12.1. The van der Waals surface area contributed by atoms with E-state index in [1.165, 1.54) is 24.3 Å². The van der Waals surface area contributed by atoms with Gasteiger partial charge in [-0.15, -0.1) is 0 Å². The molecule has 10 heteroatoms. The molecule has 0 radical (unpaired) electrons. The summed E-state index contributed by atoms with van der Waals surface area (Å²) in [6, 6.07) is 4.71. The summed E-state index contributed by atoms with van der Waals surface area (Å²) in [5, 5.41) is -0.0700. The van der Waals surface area contributed by atoms with Crippen LogP contribution in [0, 0.1) is 11.6 Å². The van der Waals surface area contributed by atoms with Gasteiger partial charge in [-0.3, -0.25) is 0 Å². The van der Waals surface area contributed by atoms with Gasteiger partial charge in [-0.25, -0.2) is 8.78 Å². The van der Waals surface area contributed by atoms with Crippen molar-refractivity contribution in [2.24, 2.45) is 0 Å². The van der Waals surface area contributed by atoms with E-state index >= 15 is 8.63 Å². The zero-order valence-corrected chi connectivity index (χ0v) is 16.0. The summed E-state index contributed by atoms with van der Waals surface area (Å²) in [7, 11) is 0. The lowest BCUT2D eigenvalue weighted by Gasteiger charge is -2.32. The highest BCUT2D eigenvalue weighted by atomic mass is 79.9. The Labute approximate surface area is 161 Å². The molecule has 0 spiro atoms. The lowest BCUT2D eigenvalue weighted by Crippen LogP contribution is -2.50. The lowest BCUT2D eigenvalue weighted by molar-refractivity contribution is -0.358. The van der Waals surface area contributed by atoms with E-state index in [-0.39, 0.29) is 36.8 Å². The van der Waals surface area contributed by atoms with Crippen molar-refractivity contribution in [3.8, 4) is 0 Å². The Kier molecular flexibility index (Phi) is 3.83. The van der Waals surface area contributed by atoms with Gasteiger partial charge in [0.2, 0.25) is 4.62 Å². The van der Waals surface area contributed by atoms with Crippen molar-refractivity contribution in [2.75, 3.05) is 0 Å². The van der Waals surface area contributed by atoms with E-state index in [0.29, 0.717) is 0 Å². The quantitative estimate of drug-likeness (QED) is 0.278. The van der Waals surface area contributed by atoms with Gasteiger partial charge in [0, 0.05) is 39.3 Å². The number of halogens is 7. The van der Waals surface area contributed by atoms with E-state index < -0.39 is 18.6 Å². The summed E-state index contributed by atoms with van der Waals surface area (Å²) < 4.78 is 59.3. The van der Waals surface area contributed by atoms with Crippen LogP contribution in [0.15, 0.2) is 46.7 Å². The molecule has 0 unspecified atom stereocenters. The van der Waals surface area contributed by atoms with Crippen LogP contribution in [0.4, 0.5) is 17.4 Å². The van der Waals surface area contributed by atoms with Crippen LogP contribution in [0.5, 0.6) is 0 Å². The Balaban J connectivity index is 2.13. The molecule has 0 fully saturated rings. The van der Waals surface area contributed by atoms with Crippen molar-refractivity contribution in [3.63, 3.8) is 0 Å². The van der Waals surface area contributed by atoms with Gasteiger partial charge >= 0.3 is 6.97 Å². The monoisotopic (exact) mass is 494 g/mol. The zero-order chi connectivity index (χ0) is 18.1. The molecule has 25 heavy (non-hydrogen) atoms. The molecular weight excluding hydrogens is 490 g/mol. The predicted octanol–water partition coefficient (Wildman–Crippen LogP) is 5.55. The Hall–Kier alpha value is -1.32. The highest BCUT2D eigenvalue weighted by Crippen LogP contribution is 2.43. The molecular formula is C15H6BBr2ClF4N2. The van der Waals surface area contributed by atoms with Crippen LogP contribution in [0.1, 0.15) is 11.3 Å². The van der Waals surface area contributed by atoms with E-state index in [9.17, 15) is 8.78 Å². The molecule has 0 aliphatic carbocycles. The first-order chi connectivity index (χ1) is 11.7.